The lowest BCUT2D eigenvalue weighted by Gasteiger charge is -2.28. The van der Waals surface area contributed by atoms with Gasteiger partial charge in [0, 0.05) is 12.0 Å². The summed E-state index contributed by atoms with van der Waals surface area (Å²) in [5.41, 5.74) is 7.82. The Bertz CT molecular complexity index is 386. The molecule has 0 atom stereocenters. The van der Waals surface area contributed by atoms with Crippen LogP contribution in [0.2, 0.25) is 0 Å². The number of ketones is 1. The molecule has 0 aromatic heterocycles. The van der Waals surface area contributed by atoms with Crippen LogP contribution in [0.4, 0.5) is 4.79 Å². The number of Topliss-reactive ketones (excluding diaryl/α,β-unsaturated/α-hetero) is 1. The molecule has 0 heterocycles. The van der Waals surface area contributed by atoms with Gasteiger partial charge in [-0.1, -0.05) is 0 Å². The standard InChI is InChI=1S/C13H21N3O3/c1-13(2,3)19-12(18)16-10-6-4-9(5-7-10)11(17)8-15-14/h8-10H,4-7H2,1-3H3,(H,16,18). The first kappa shape index (κ1) is 15.4. The lowest BCUT2D eigenvalue weighted by atomic mass is 9.84. The zero-order chi connectivity index (χ0) is 14.5. The van der Waals surface area contributed by atoms with Crippen molar-refractivity contribution in [3.63, 3.8) is 0 Å². The molecule has 1 amide bonds. The summed E-state index contributed by atoms with van der Waals surface area (Å²) in [6.07, 6.45) is 3.37. The van der Waals surface area contributed by atoms with Gasteiger partial charge in [0.2, 0.25) is 5.78 Å². The number of rotatable bonds is 3. The molecular weight excluding hydrogens is 246 g/mol. The van der Waals surface area contributed by atoms with Crippen molar-refractivity contribution in [1.82, 2.24) is 5.32 Å². The summed E-state index contributed by atoms with van der Waals surface area (Å²) in [7, 11) is 0. The summed E-state index contributed by atoms with van der Waals surface area (Å²) < 4.78 is 5.18. The van der Waals surface area contributed by atoms with Gasteiger partial charge in [-0.15, -0.1) is 0 Å². The molecule has 0 saturated heterocycles. The number of carbonyl (C=O) groups excluding carboxylic acids is 2. The van der Waals surface area contributed by atoms with Crippen molar-refractivity contribution >= 4 is 18.1 Å². The molecule has 1 aliphatic carbocycles. The largest absolute Gasteiger partial charge is 0.444 e. The van der Waals surface area contributed by atoms with E-state index in [1.165, 1.54) is 0 Å². The lowest BCUT2D eigenvalue weighted by molar-refractivity contribution is -0.120. The van der Waals surface area contributed by atoms with Crippen LogP contribution in [0.3, 0.4) is 0 Å². The van der Waals surface area contributed by atoms with Gasteiger partial charge in [0.1, 0.15) is 5.60 Å². The van der Waals surface area contributed by atoms with E-state index in [2.05, 4.69) is 10.1 Å². The fourth-order valence-corrected chi connectivity index (χ4v) is 2.16. The minimum absolute atomic E-state index is 0.0463. The average Bonchev–Trinajstić information content (AvgIpc) is 2.27. The second kappa shape index (κ2) is 6.48. The summed E-state index contributed by atoms with van der Waals surface area (Å²) in [4.78, 5) is 25.8. The number of hydrogen-bond donors (Lipinski definition) is 1. The number of carbonyl (C=O) groups is 2. The second-order valence-electron chi connectivity index (χ2n) is 5.84. The highest BCUT2D eigenvalue weighted by atomic mass is 16.6. The molecule has 1 aliphatic rings. The summed E-state index contributed by atoms with van der Waals surface area (Å²) in [5.74, 6) is -0.259. The number of nitrogens with zero attached hydrogens (tertiary/aromatic N) is 2. The molecule has 0 bridgehead atoms. The molecule has 0 spiro atoms. The third kappa shape index (κ3) is 5.66. The van der Waals surface area contributed by atoms with Crippen LogP contribution in [-0.2, 0) is 9.53 Å². The van der Waals surface area contributed by atoms with Crippen LogP contribution >= 0.6 is 0 Å². The summed E-state index contributed by atoms with van der Waals surface area (Å²) in [5, 5.41) is 2.81. The molecule has 0 aromatic rings. The fourth-order valence-electron chi connectivity index (χ4n) is 2.16. The van der Waals surface area contributed by atoms with Crippen molar-refractivity contribution in [1.29, 1.82) is 0 Å². The first-order valence-corrected chi connectivity index (χ1v) is 6.52. The Morgan fingerprint density at radius 3 is 2.32 bits per heavy atom. The predicted octanol–water partition coefficient (Wildman–Crippen LogP) is 1.94. The molecular formula is C13H21N3O3. The third-order valence-corrected chi connectivity index (χ3v) is 3.04. The summed E-state index contributed by atoms with van der Waals surface area (Å²) >= 11 is 0. The van der Waals surface area contributed by atoms with Gasteiger partial charge in [-0.2, -0.15) is 4.79 Å². The highest BCUT2D eigenvalue weighted by Crippen LogP contribution is 2.24. The van der Waals surface area contributed by atoms with Gasteiger partial charge in [0.05, 0.1) is 0 Å². The van der Waals surface area contributed by atoms with Crippen LogP contribution in [0.5, 0.6) is 0 Å². The van der Waals surface area contributed by atoms with Gasteiger partial charge in [0.25, 0.3) is 0 Å². The maximum Gasteiger partial charge on any atom is 0.407 e. The van der Waals surface area contributed by atoms with Crippen LogP contribution in [-0.4, -0.2) is 34.5 Å². The van der Waals surface area contributed by atoms with Gasteiger partial charge in [-0.05, 0) is 46.5 Å². The highest BCUT2D eigenvalue weighted by molar-refractivity contribution is 6.26. The smallest absolute Gasteiger partial charge is 0.407 e. The minimum Gasteiger partial charge on any atom is -0.444 e. The molecule has 1 N–H and O–H groups in total. The predicted molar refractivity (Wildman–Crippen MR) is 69.8 cm³/mol. The van der Waals surface area contributed by atoms with Crippen molar-refractivity contribution in [2.24, 2.45) is 5.92 Å². The van der Waals surface area contributed by atoms with Crippen molar-refractivity contribution in [3.8, 4) is 0 Å². The SMILES string of the molecule is CC(C)(C)OC(=O)NC1CCC(C(=O)C=[N+]=[N-])CC1. The van der Waals surface area contributed by atoms with Crippen LogP contribution in [0.15, 0.2) is 0 Å². The Balaban J connectivity index is 2.36. The maximum atomic E-state index is 11.6. The molecule has 6 nitrogen and oxygen atoms in total. The van der Waals surface area contributed by atoms with Crippen molar-refractivity contribution in [3.05, 3.63) is 5.53 Å². The number of alkyl carbamates (subject to hydrolysis) is 1. The van der Waals surface area contributed by atoms with Crippen molar-refractivity contribution < 1.29 is 19.1 Å². The fraction of sp³-hybridized carbons (Fsp3) is 0.769. The molecule has 0 unspecified atom stereocenters. The van der Waals surface area contributed by atoms with E-state index in [4.69, 9.17) is 10.3 Å². The molecule has 106 valence electrons. The first-order chi connectivity index (χ1) is 8.81. The molecule has 0 radical (unpaired) electrons. The summed E-state index contributed by atoms with van der Waals surface area (Å²) in [6, 6.07) is 0.0463. The van der Waals surface area contributed by atoms with E-state index >= 15 is 0 Å². The molecule has 6 heteroatoms. The number of amides is 1. The van der Waals surface area contributed by atoms with E-state index in [9.17, 15) is 9.59 Å². The Kier molecular flexibility index (Phi) is 5.24. The Hall–Kier alpha value is -1.68. The number of hydrogen-bond acceptors (Lipinski definition) is 3. The Labute approximate surface area is 113 Å². The van der Waals surface area contributed by atoms with E-state index in [1.54, 1.807) is 0 Å². The third-order valence-electron chi connectivity index (χ3n) is 3.04. The average molecular weight is 267 g/mol. The molecule has 1 rings (SSSR count). The monoisotopic (exact) mass is 267 g/mol. The van der Waals surface area contributed by atoms with E-state index in [0.717, 1.165) is 19.1 Å². The van der Waals surface area contributed by atoms with Crippen LogP contribution < -0.4 is 5.32 Å². The zero-order valence-electron chi connectivity index (χ0n) is 11.7. The molecule has 1 fully saturated rings. The molecule has 1 saturated carbocycles. The first-order valence-electron chi connectivity index (χ1n) is 6.52. The maximum absolute atomic E-state index is 11.6. The normalized spacial score (nSPS) is 23.1. The molecule has 19 heavy (non-hydrogen) atoms. The quantitative estimate of drug-likeness (QED) is 0.481. The van der Waals surface area contributed by atoms with Crippen LogP contribution in [0.1, 0.15) is 46.5 Å². The number of ether oxygens (including phenoxy) is 1. The van der Waals surface area contributed by atoms with Crippen molar-refractivity contribution in [2.45, 2.75) is 58.1 Å². The Morgan fingerprint density at radius 2 is 1.84 bits per heavy atom. The van der Waals surface area contributed by atoms with Gasteiger partial charge in [-0.25, -0.2) is 4.79 Å². The van der Waals surface area contributed by atoms with E-state index < -0.39 is 11.7 Å². The van der Waals surface area contributed by atoms with Crippen LogP contribution in [0.25, 0.3) is 5.53 Å². The highest BCUT2D eigenvalue weighted by Gasteiger charge is 2.28. The van der Waals surface area contributed by atoms with Crippen LogP contribution in [0, 0.1) is 5.92 Å². The van der Waals surface area contributed by atoms with Gasteiger partial charge in [-0.3, -0.25) is 4.79 Å². The molecule has 0 aliphatic heterocycles. The van der Waals surface area contributed by atoms with E-state index in [0.29, 0.717) is 12.8 Å². The lowest BCUT2D eigenvalue weighted by Crippen LogP contribution is -2.41. The summed E-state index contributed by atoms with van der Waals surface area (Å²) in [6.45, 7) is 5.45. The minimum atomic E-state index is -0.505. The van der Waals surface area contributed by atoms with Gasteiger partial charge < -0.3 is 15.6 Å². The molecule has 0 aromatic carbocycles. The topological polar surface area (TPSA) is 91.8 Å². The van der Waals surface area contributed by atoms with E-state index in [-0.39, 0.29) is 17.7 Å². The second-order valence-corrected chi connectivity index (χ2v) is 5.84. The van der Waals surface area contributed by atoms with Gasteiger partial charge >= 0.3 is 12.3 Å². The zero-order valence-corrected chi connectivity index (χ0v) is 11.7. The van der Waals surface area contributed by atoms with Gasteiger partial charge in [0.15, 0.2) is 0 Å². The number of nitrogens with one attached hydrogen (secondary N) is 1. The van der Waals surface area contributed by atoms with Crippen molar-refractivity contribution in [2.75, 3.05) is 0 Å². The van der Waals surface area contributed by atoms with E-state index in [1.807, 2.05) is 20.8 Å². The Morgan fingerprint density at radius 1 is 1.26 bits per heavy atom.